The maximum atomic E-state index is 13.0. The molecule has 1 atom stereocenters. The molecule has 5 rings (SSSR count). The number of methoxy groups -OCH3 is 1. The van der Waals surface area contributed by atoms with E-state index in [0.717, 1.165) is 5.39 Å². The minimum atomic E-state index is -0.438. The highest BCUT2D eigenvalue weighted by Gasteiger charge is 2.37. The third-order valence-corrected chi connectivity index (χ3v) is 6.88. The molecule has 1 aliphatic heterocycles. The van der Waals surface area contributed by atoms with Crippen LogP contribution in [0.1, 0.15) is 10.9 Å². The predicted octanol–water partition coefficient (Wildman–Crippen LogP) is 6.80. The summed E-state index contributed by atoms with van der Waals surface area (Å²) in [5, 5.41) is 19.6. The van der Waals surface area contributed by atoms with Crippen molar-refractivity contribution >= 4 is 57.2 Å². The monoisotopic (exact) mass is 490 g/mol. The number of aromatic nitrogens is 1. The van der Waals surface area contributed by atoms with Gasteiger partial charge in [-0.2, -0.15) is 5.11 Å². The molecule has 0 spiro atoms. The van der Waals surface area contributed by atoms with Gasteiger partial charge >= 0.3 is 0 Å². The van der Waals surface area contributed by atoms with Gasteiger partial charge in [-0.25, -0.2) is 4.98 Å². The number of thioether (sulfide) groups is 1. The van der Waals surface area contributed by atoms with E-state index in [-0.39, 0.29) is 17.4 Å². The highest BCUT2D eigenvalue weighted by atomic mass is 35.5. The summed E-state index contributed by atoms with van der Waals surface area (Å²) in [5.41, 5.74) is 2.98. The van der Waals surface area contributed by atoms with Gasteiger partial charge in [0.15, 0.2) is 0 Å². The molecule has 170 valence electrons. The first-order chi connectivity index (χ1) is 16.5. The minimum Gasteiger partial charge on any atom is -0.508 e. The van der Waals surface area contributed by atoms with Gasteiger partial charge in [-0.05, 0) is 42.5 Å². The second kappa shape index (κ2) is 9.32. The van der Waals surface area contributed by atoms with Gasteiger partial charge in [-0.15, -0.1) is 16.9 Å². The maximum Gasteiger partial charge on any atom is 0.238 e. The Morgan fingerprint density at radius 3 is 2.71 bits per heavy atom. The van der Waals surface area contributed by atoms with Crippen LogP contribution in [-0.2, 0) is 4.79 Å². The van der Waals surface area contributed by atoms with E-state index in [1.165, 1.54) is 23.9 Å². The number of ether oxygens (including phenoxy) is 1. The smallest absolute Gasteiger partial charge is 0.238 e. The van der Waals surface area contributed by atoms with Gasteiger partial charge in [-0.1, -0.05) is 29.8 Å². The van der Waals surface area contributed by atoms with E-state index in [2.05, 4.69) is 15.2 Å². The van der Waals surface area contributed by atoms with Gasteiger partial charge in [0.1, 0.15) is 27.7 Å². The normalized spacial score (nSPS) is 16.0. The number of halogens is 1. The number of azo groups is 1. The van der Waals surface area contributed by atoms with E-state index < -0.39 is 5.37 Å². The van der Waals surface area contributed by atoms with E-state index >= 15 is 0 Å². The van der Waals surface area contributed by atoms with E-state index in [1.54, 1.807) is 18.1 Å². The van der Waals surface area contributed by atoms with Crippen molar-refractivity contribution < 1.29 is 14.6 Å². The SMILES string of the molecule is COc1ccc2cc(C3SCC(=O)N3c3cc(O)ccc3N=Nc3ccccc3)c(Cl)nc2c1. The number of carbonyl (C=O) groups excluding carboxylic acids is 1. The Kier molecular flexibility index (Phi) is 6.08. The fourth-order valence-corrected chi connectivity index (χ4v) is 5.24. The molecule has 0 aliphatic carbocycles. The van der Waals surface area contributed by atoms with E-state index in [0.29, 0.717) is 39.0 Å². The largest absolute Gasteiger partial charge is 0.508 e. The molecule has 1 N–H and O–H groups in total. The Morgan fingerprint density at radius 1 is 1.09 bits per heavy atom. The molecule has 1 unspecified atom stereocenters. The first-order valence-electron chi connectivity index (χ1n) is 10.4. The Morgan fingerprint density at radius 2 is 1.91 bits per heavy atom. The van der Waals surface area contributed by atoms with Crippen LogP contribution in [0.25, 0.3) is 10.9 Å². The number of rotatable bonds is 5. The molecular weight excluding hydrogens is 472 g/mol. The number of aromatic hydroxyl groups is 1. The van der Waals surface area contributed by atoms with Crippen molar-refractivity contribution in [1.29, 1.82) is 0 Å². The number of carbonyl (C=O) groups is 1. The van der Waals surface area contributed by atoms with Gasteiger partial charge in [0, 0.05) is 23.1 Å². The molecule has 0 radical (unpaired) electrons. The number of phenols is 1. The highest BCUT2D eigenvalue weighted by Crippen LogP contribution is 2.48. The van der Waals surface area contributed by atoms with Crippen LogP contribution in [0.3, 0.4) is 0 Å². The second-order valence-electron chi connectivity index (χ2n) is 7.56. The number of nitrogens with zero attached hydrogens (tertiary/aromatic N) is 4. The lowest BCUT2D eigenvalue weighted by Crippen LogP contribution is -2.28. The number of anilines is 1. The zero-order valence-corrected chi connectivity index (χ0v) is 19.6. The molecule has 34 heavy (non-hydrogen) atoms. The molecule has 2 heterocycles. The van der Waals surface area contributed by atoms with E-state index in [4.69, 9.17) is 16.3 Å². The Labute approximate surface area is 205 Å². The highest BCUT2D eigenvalue weighted by molar-refractivity contribution is 8.00. The Bertz CT molecular complexity index is 1410. The molecule has 0 saturated carbocycles. The van der Waals surface area contributed by atoms with Crippen LogP contribution in [0.2, 0.25) is 5.15 Å². The summed E-state index contributed by atoms with van der Waals surface area (Å²) in [6, 6.07) is 21.5. The summed E-state index contributed by atoms with van der Waals surface area (Å²) in [5.74, 6) is 0.839. The number of hydrogen-bond acceptors (Lipinski definition) is 7. The molecule has 1 fully saturated rings. The number of fused-ring (bicyclic) bond motifs is 1. The molecule has 9 heteroatoms. The van der Waals surface area contributed by atoms with E-state index in [9.17, 15) is 9.90 Å². The summed E-state index contributed by atoms with van der Waals surface area (Å²) in [4.78, 5) is 19.2. The summed E-state index contributed by atoms with van der Waals surface area (Å²) < 4.78 is 5.28. The van der Waals surface area contributed by atoms with Gasteiger partial charge in [-0.3, -0.25) is 9.69 Å². The van der Waals surface area contributed by atoms with Crippen molar-refractivity contribution in [3.63, 3.8) is 0 Å². The van der Waals surface area contributed by atoms with Crippen LogP contribution in [-0.4, -0.2) is 28.9 Å². The molecule has 0 bridgehead atoms. The standard InChI is InChI=1S/C25H19ClN4O3S/c1-33-18-9-7-15-11-19(24(26)27-21(15)13-18)25-30(23(32)14-34-25)22-12-17(31)8-10-20(22)29-28-16-5-3-2-4-6-16/h2-13,25,31H,14H2,1H3. The molecule has 3 aromatic carbocycles. The van der Waals surface area contributed by atoms with Crippen LogP contribution in [0.4, 0.5) is 17.1 Å². The van der Waals surface area contributed by atoms with Crippen molar-refractivity contribution in [2.24, 2.45) is 10.2 Å². The number of pyridine rings is 1. The Hall–Kier alpha value is -3.62. The molecule has 7 nitrogen and oxygen atoms in total. The molecule has 1 aromatic heterocycles. The third-order valence-electron chi connectivity index (χ3n) is 5.39. The van der Waals surface area contributed by atoms with Gasteiger partial charge in [0.2, 0.25) is 5.91 Å². The van der Waals surface area contributed by atoms with Crippen molar-refractivity contribution in [1.82, 2.24) is 4.98 Å². The first-order valence-corrected chi connectivity index (χ1v) is 11.8. The van der Waals surface area contributed by atoms with Crippen molar-refractivity contribution in [2.45, 2.75) is 5.37 Å². The van der Waals surface area contributed by atoms with Crippen LogP contribution in [0.5, 0.6) is 11.5 Å². The van der Waals surface area contributed by atoms with Crippen molar-refractivity contribution in [2.75, 3.05) is 17.8 Å². The molecule has 4 aromatic rings. The van der Waals surface area contributed by atoms with Crippen LogP contribution < -0.4 is 9.64 Å². The zero-order valence-electron chi connectivity index (χ0n) is 18.1. The second-order valence-corrected chi connectivity index (χ2v) is 8.99. The van der Waals surface area contributed by atoms with Crippen LogP contribution >= 0.6 is 23.4 Å². The summed E-state index contributed by atoms with van der Waals surface area (Å²) in [6.07, 6.45) is 0. The van der Waals surface area contributed by atoms with Crippen LogP contribution in [0.15, 0.2) is 83.0 Å². The molecular formula is C25H19ClN4O3S. The molecule has 1 amide bonds. The van der Waals surface area contributed by atoms with Gasteiger partial charge < -0.3 is 9.84 Å². The minimum absolute atomic E-state index is 0.0203. The number of phenolic OH excluding ortho intramolecular Hbond substituents is 1. The lowest BCUT2D eigenvalue weighted by Gasteiger charge is -2.26. The van der Waals surface area contributed by atoms with Crippen molar-refractivity contribution in [3.8, 4) is 11.5 Å². The summed E-state index contributed by atoms with van der Waals surface area (Å²) in [7, 11) is 1.60. The lowest BCUT2D eigenvalue weighted by molar-refractivity contribution is -0.115. The fraction of sp³-hybridized carbons (Fsp3) is 0.120. The number of benzene rings is 3. The van der Waals surface area contributed by atoms with Gasteiger partial charge in [0.05, 0.1) is 29.8 Å². The number of hydrogen-bond donors (Lipinski definition) is 1. The zero-order chi connectivity index (χ0) is 23.7. The molecule has 1 saturated heterocycles. The third kappa shape index (κ3) is 4.30. The topological polar surface area (TPSA) is 87.4 Å². The molecule has 1 aliphatic rings. The first kappa shape index (κ1) is 22.2. The lowest BCUT2D eigenvalue weighted by atomic mass is 10.1. The average Bonchev–Trinajstić information content (AvgIpc) is 3.23. The quantitative estimate of drug-likeness (QED) is 0.245. The van der Waals surface area contributed by atoms with Crippen molar-refractivity contribution in [3.05, 3.63) is 83.5 Å². The van der Waals surface area contributed by atoms with E-state index in [1.807, 2.05) is 54.6 Å². The Balaban J connectivity index is 1.57. The average molecular weight is 491 g/mol. The maximum absolute atomic E-state index is 13.0. The summed E-state index contributed by atoms with van der Waals surface area (Å²) in [6.45, 7) is 0. The van der Waals surface area contributed by atoms with Gasteiger partial charge in [0.25, 0.3) is 0 Å². The summed E-state index contributed by atoms with van der Waals surface area (Å²) >= 11 is 8.04. The fourth-order valence-electron chi connectivity index (χ4n) is 3.75. The predicted molar refractivity (Wildman–Crippen MR) is 135 cm³/mol. The number of amides is 1. The van der Waals surface area contributed by atoms with Crippen LogP contribution in [0, 0.1) is 0 Å².